The Labute approximate surface area is 255 Å². The number of urea groups is 1. The first-order chi connectivity index (χ1) is 21.4. The van der Waals surface area contributed by atoms with E-state index >= 15 is 0 Å². The fourth-order valence-corrected chi connectivity index (χ4v) is 6.46. The van der Waals surface area contributed by atoms with Gasteiger partial charge in [0.15, 0.2) is 0 Å². The van der Waals surface area contributed by atoms with E-state index in [0.717, 1.165) is 44.6 Å². The number of aromatic nitrogens is 1. The smallest absolute Gasteiger partial charge is 0.332 e. The zero-order valence-corrected chi connectivity index (χ0v) is 24.5. The summed E-state index contributed by atoms with van der Waals surface area (Å²) in [7, 11) is 1.62. The number of methoxy groups -OCH3 is 1. The molecule has 0 spiro atoms. The summed E-state index contributed by atoms with van der Waals surface area (Å²) in [5, 5.41) is 4.01. The number of hydrogen-bond donors (Lipinski definition) is 2. The van der Waals surface area contributed by atoms with Crippen LogP contribution in [0.3, 0.4) is 0 Å². The second kappa shape index (κ2) is 11.0. The highest BCUT2D eigenvalue weighted by Crippen LogP contribution is 2.45. The van der Waals surface area contributed by atoms with Crippen molar-refractivity contribution in [2.24, 2.45) is 0 Å². The van der Waals surface area contributed by atoms with Crippen molar-refractivity contribution >= 4 is 34.4 Å². The van der Waals surface area contributed by atoms with Crippen LogP contribution in [0.4, 0.5) is 10.5 Å². The predicted octanol–water partition coefficient (Wildman–Crippen LogP) is 5.94. The van der Waals surface area contributed by atoms with Crippen LogP contribution in [0.25, 0.3) is 10.9 Å². The van der Waals surface area contributed by atoms with Gasteiger partial charge in [-0.15, -0.1) is 0 Å². The van der Waals surface area contributed by atoms with Gasteiger partial charge in [0.05, 0.1) is 18.4 Å². The van der Waals surface area contributed by atoms with Gasteiger partial charge in [-0.05, 0) is 60.4 Å². The van der Waals surface area contributed by atoms with Crippen molar-refractivity contribution in [3.05, 3.63) is 131 Å². The molecule has 0 saturated carbocycles. The molecule has 2 aliphatic rings. The average Bonchev–Trinajstić information content (AvgIpc) is 3.54. The third-order valence-electron chi connectivity index (χ3n) is 8.69. The van der Waals surface area contributed by atoms with Crippen molar-refractivity contribution in [2.75, 3.05) is 18.6 Å². The summed E-state index contributed by atoms with van der Waals surface area (Å²) in [4.78, 5) is 48.4. The molecule has 1 aromatic heterocycles. The number of fused-ring (bicyclic) bond motifs is 4. The Morgan fingerprint density at radius 3 is 2.43 bits per heavy atom. The number of aryl methyl sites for hydroxylation is 1. The number of carbonyl (C=O) groups is 3. The molecule has 4 amide bonds. The summed E-state index contributed by atoms with van der Waals surface area (Å²) in [5.41, 5.74) is 6.58. The van der Waals surface area contributed by atoms with Crippen molar-refractivity contribution in [3.63, 3.8) is 0 Å². The van der Waals surface area contributed by atoms with Crippen LogP contribution in [0.15, 0.2) is 97.1 Å². The maximum atomic E-state index is 14.3. The minimum atomic E-state index is -0.702. The van der Waals surface area contributed by atoms with Crippen LogP contribution < -0.4 is 15.0 Å². The Morgan fingerprint density at radius 1 is 0.932 bits per heavy atom. The largest absolute Gasteiger partial charge is 0.497 e. The van der Waals surface area contributed by atoms with E-state index in [9.17, 15) is 14.4 Å². The lowest BCUT2D eigenvalue weighted by Crippen LogP contribution is -2.44. The standard InChI is InChI=1S/C36H32N4O4/c1-22-11-15-24(16-12-22)33-32-28(26-7-3-5-9-29(26)38-32)21-31-35(42)40(36(43)39(31)33)30-10-6-4-8-27(30)34(41)37-20-19-23-13-17-25(44-2)18-14-23/h3-18,31,33,38H,19-21H2,1-2H3,(H,37,41)/t31-,33-/m0/s1. The number of hydrogen-bond acceptors (Lipinski definition) is 4. The molecule has 1 fully saturated rings. The molecule has 7 rings (SSSR count). The van der Waals surface area contributed by atoms with E-state index in [2.05, 4.69) is 16.4 Å². The Kier molecular flexibility index (Phi) is 6.89. The van der Waals surface area contributed by atoms with Gasteiger partial charge in [-0.2, -0.15) is 0 Å². The monoisotopic (exact) mass is 584 g/mol. The lowest BCUT2D eigenvalue weighted by Gasteiger charge is -2.36. The van der Waals surface area contributed by atoms with Gasteiger partial charge in [-0.3, -0.25) is 14.5 Å². The maximum Gasteiger partial charge on any atom is 0.332 e. The lowest BCUT2D eigenvalue weighted by atomic mass is 9.88. The summed E-state index contributed by atoms with van der Waals surface area (Å²) < 4.78 is 5.22. The molecule has 3 heterocycles. The molecule has 2 N–H and O–H groups in total. The quantitative estimate of drug-likeness (QED) is 0.232. The van der Waals surface area contributed by atoms with Crippen LogP contribution in [0.2, 0.25) is 0 Å². The molecule has 220 valence electrons. The number of ether oxygens (including phenoxy) is 1. The van der Waals surface area contributed by atoms with Crippen LogP contribution in [0.5, 0.6) is 5.75 Å². The normalized spacial score (nSPS) is 17.5. The molecular weight excluding hydrogens is 552 g/mol. The summed E-state index contributed by atoms with van der Waals surface area (Å²) in [6, 6.07) is 29.0. The molecule has 8 nitrogen and oxygen atoms in total. The number of anilines is 1. The van der Waals surface area contributed by atoms with Crippen LogP contribution in [0, 0.1) is 6.92 Å². The van der Waals surface area contributed by atoms with E-state index in [1.165, 1.54) is 4.90 Å². The molecule has 1 saturated heterocycles. The maximum absolute atomic E-state index is 14.3. The zero-order valence-electron chi connectivity index (χ0n) is 24.5. The Balaban J connectivity index is 1.21. The molecule has 2 atom stereocenters. The van der Waals surface area contributed by atoms with E-state index in [1.807, 2.05) is 73.7 Å². The van der Waals surface area contributed by atoms with E-state index in [1.54, 1.807) is 36.3 Å². The number of nitrogens with one attached hydrogen (secondary N) is 2. The van der Waals surface area contributed by atoms with Gasteiger partial charge in [0.2, 0.25) is 0 Å². The van der Waals surface area contributed by atoms with Crippen LogP contribution in [0.1, 0.15) is 44.3 Å². The highest BCUT2D eigenvalue weighted by atomic mass is 16.5. The van der Waals surface area contributed by atoms with Gasteiger partial charge in [0.25, 0.3) is 11.8 Å². The van der Waals surface area contributed by atoms with Crippen molar-refractivity contribution in [3.8, 4) is 5.75 Å². The number of benzene rings is 4. The van der Waals surface area contributed by atoms with Crippen molar-refractivity contribution in [2.45, 2.75) is 31.8 Å². The fourth-order valence-electron chi connectivity index (χ4n) is 6.46. The molecule has 44 heavy (non-hydrogen) atoms. The van der Waals surface area contributed by atoms with Gasteiger partial charge in [0, 0.05) is 29.6 Å². The summed E-state index contributed by atoms with van der Waals surface area (Å²) in [6.07, 6.45) is 1.01. The second-order valence-corrected chi connectivity index (χ2v) is 11.3. The summed E-state index contributed by atoms with van der Waals surface area (Å²) in [6.45, 7) is 2.42. The van der Waals surface area contributed by atoms with Gasteiger partial charge in [-0.25, -0.2) is 9.69 Å². The molecule has 4 aromatic carbocycles. The molecule has 0 radical (unpaired) electrons. The first-order valence-electron chi connectivity index (χ1n) is 14.8. The van der Waals surface area contributed by atoms with E-state index in [0.29, 0.717) is 19.4 Å². The second-order valence-electron chi connectivity index (χ2n) is 11.3. The number of imide groups is 1. The highest BCUT2D eigenvalue weighted by molar-refractivity contribution is 6.24. The van der Waals surface area contributed by atoms with Gasteiger partial charge in [-0.1, -0.05) is 72.3 Å². The number of H-pyrrole nitrogens is 1. The first kappa shape index (κ1) is 27.5. The van der Waals surface area contributed by atoms with Gasteiger partial charge < -0.3 is 15.0 Å². The number of aromatic amines is 1. The summed E-state index contributed by atoms with van der Waals surface area (Å²) in [5.74, 6) is 0.0976. The lowest BCUT2D eigenvalue weighted by molar-refractivity contribution is -0.120. The fraction of sp³-hybridized carbons (Fsp3) is 0.194. The molecule has 0 aliphatic carbocycles. The number of amides is 4. The molecule has 0 bridgehead atoms. The summed E-state index contributed by atoms with van der Waals surface area (Å²) >= 11 is 0. The van der Waals surface area contributed by atoms with Crippen LogP contribution in [-0.2, 0) is 17.6 Å². The van der Waals surface area contributed by atoms with Gasteiger partial charge >= 0.3 is 6.03 Å². The molecular formula is C36H32N4O4. The predicted molar refractivity (Wildman–Crippen MR) is 169 cm³/mol. The van der Waals surface area contributed by atoms with Crippen molar-refractivity contribution in [1.82, 2.24) is 15.2 Å². The van der Waals surface area contributed by atoms with E-state index < -0.39 is 18.1 Å². The Morgan fingerprint density at radius 2 is 1.66 bits per heavy atom. The number of rotatable bonds is 7. The minimum Gasteiger partial charge on any atom is -0.497 e. The molecule has 2 aliphatic heterocycles. The molecule has 5 aromatic rings. The molecule has 8 heteroatoms. The van der Waals surface area contributed by atoms with Gasteiger partial charge in [0.1, 0.15) is 17.8 Å². The first-order valence-corrected chi connectivity index (χ1v) is 14.8. The number of carbonyl (C=O) groups excluding carboxylic acids is 3. The molecule has 0 unspecified atom stereocenters. The third-order valence-corrected chi connectivity index (χ3v) is 8.69. The highest BCUT2D eigenvalue weighted by Gasteiger charge is 2.53. The SMILES string of the molecule is COc1ccc(CCNC(=O)c2ccccc2N2C(=O)[C@@H]3Cc4c([nH]c5ccccc45)[C@H](c4ccc(C)cc4)N3C2=O)cc1. The number of para-hydroxylation sites is 2. The van der Waals surface area contributed by atoms with E-state index in [-0.39, 0.29) is 23.1 Å². The topological polar surface area (TPSA) is 94.7 Å². The zero-order chi connectivity index (χ0) is 30.4. The van der Waals surface area contributed by atoms with Crippen LogP contribution in [-0.4, -0.2) is 47.4 Å². The number of nitrogens with zero attached hydrogens (tertiary/aromatic N) is 2. The van der Waals surface area contributed by atoms with Crippen molar-refractivity contribution in [1.29, 1.82) is 0 Å². The van der Waals surface area contributed by atoms with E-state index in [4.69, 9.17) is 4.74 Å². The van der Waals surface area contributed by atoms with Crippen LogP contribution >= 0.6 is 0 Å². The average molecular weight is 585 g/mol. The Bertz CT molecular complexity index is 1890. The van der Waals surface area contributed by atoms with Crippen molar-refractivity contribution < 1.29 is 19.1 Å². The Hall–Kier alpha value is -5.37. The minimum absolute atomic E-state index is 0.277. The third kappa shape index (κ3) is 4.59.